The number of imidazole rings is 1. The van der Waals surface area contributed by atoms with Crippen molar-refractivity contribution in [1.82, 2.24) is 20.0 Å². The lowest BCUT2D eigenvalue weighted by molar-refractivity contribution is -0.117. The summed E-state index contributed by atoms with van der Waals surface area (Å²) in [6.07, 6.45) is 1.88. The Balaban J connectivity index is 0.00000408. The molecule has 0 aliphatic rings. The van der Waals surface area contributed by atoms with E-state index in [1.807, 2.05) is 43.5 Å². The van der Waals surface area contributed by atoms with Gasteiger partial charge in [0.2, 0.25) is 5.91 Å². The highest BCUT2D eigenvalue weighted by molar-refractivity contribution is 9.10. The molecular formula is C22H25BrCl3N5O3. The van der Waals surface area contributed by atoms with Crippen LogP contribution in [0, 0.1) is 6.92 Å². The van der Waals surface area contributed by atoms with Crippen LogP contribution in [0.5, 0.6) is 5.75 Å². The molecule has 0 radical (unpaired) electrons. The maximum atomic E-state index is 12.6. The van der Waals surface area contributed by atoms with Crippen LogP contribution in [0.4, 0.5) is 10.5 Å². The number of rotatable bonds is 7. The highest BCUT2D eigenvalue weighted by atomic mass is 79.9. The summed E-state index contributed by atoms with van der Waals surface area (Å²) in [5, 5.41) is 5.89. The highest BCUT2D eigenvalue weighted by Gasteiger charge is 2.20. The Kier molecular flexibility index (Phi) is 9.87. The summed E-state index contributed by atoms with van der Waals surface area (Å²) in [7, 11) is 1.58. The molecule has 0 aliphatic heterocycles. The number of anilines is 1. The van der Waals surface area contributed by atoms with Gasteiger partial charge in [0.15, 0.2) is 11.4 Å². The van der Waals surface area contributed by atoms with Gasteiger partial charge in [-0.1, -0.05) is 23.2 Å². The van der Waals surface area contributed by atoms with E-state index in [9.17, 15) is 9.59 Å². The Labute approximate surface area is 222 Å². The standard InChI is InChI=1S/C22H24BrCl2N5O3.ClH/c1-12(2)27-22(32)26-10-18(31)29(4)16-8-7-15(24)14(19(16)25)11-33-17-6-5-9-30-20(23)13(3)28-21(17)30;/h5-9,12H,10-11H2,1-4H3,(H2,26,27,32);1H. The number of fused-ring (bicyclic) bond motifs is 1. The molecule has 8 nitrogen and oxygen atoms in total. The first kappa shape index (κ1) is 28.0. The number of likely N-dealkylation sites (N-methyl/N-ethyl adjacent to an activating group) is 1. The first-order valence-electron chi connectivity index (χ1n) is 10.1. The molecular weight excluding hydrogens is 569 g/mol. The summed E-state index contributed by atoms with van der Waals surface area (Å²) >= 11 is 16.5. The Morgan fingerprint density at radius 3 is 2.65 bits per heavy atom. The molecule has 1 aromatic carbocycles. The molecule has 0 fully saturated rings. The van der Waals surface area contributed by atoms with Crippen LogP contribution in [0.15, 0.2) is 35.1 Å². The van der Waals surface area contributed by atoms with Crippen molar-refractivity contribution in [3.8, 4) is 5.75 Å². The number of urea groups is 1. The molecule has 0 bridgehead atoms. The lowest BCUT2D eigenvalue weighted by atomic mass is 10.2. The SMILES string of the molecule is Cc1nc2c(OCc3c(Cl)ccc(N(C)C(=O)CNC(=O)NC(C)C)c3Cl)cccn2c1Br.Cl. The molecule has 12 heteroatoms. The quantitative estimate of drug-likeness (QED) is 0.385. The minimum atomic E-state index is -0.418. The average Bonchev–Trinajstić information content (AvgIpc) is 3.05. The minimum absolute atomic E-state index is 0. The van der Waals surface area contributed by atoms with Crippen LogP contribution in [0.1, 0.15) is 25.1 Å². The zero-order chi connectivity index (χ0) is 24.3. The maximum absolute atomic E-state index is 12.6. The molecule has 3 rings (SSSR count). The van der Waals surface area contributed by atoms with Gasteiger partial charge in [-0.25, -0.2) is 9.78 Å². The number of ether oxygens (including phenoxy) is 1. The van der Waals surface area contributed by atoms with E-state index in [1.165, 1.54) is 4.90 Å². The Morgan fingerprint density at radius 2 is 1.97 bits per heavy atom. The largest absolute Gasteiger partial charge is 0.485 e. The van der Waals surface area contributed by atoms with Crippen molar-refractivity contribution in [3.05, 3.63) is 56.4 Å². The lowest BCUT2D eigenvalue weighted by Gasteiger charge is -2.21. The molecule has 0 spiro atoms. The number of hydrogen-bond donors (Lipinski definition) is 2. The van der Waals surface area contributed by atoms with Crippen molar-refractivity contribution in [3.63, 3.8) is 0 Å². The second-order valence-corrected chi connectivity index (χ2v) is 9.17. The Bertz CT molecular complexity index is 1200. The van der Waals surface area contributed by atoms with Gasteiger partial charge in [0.25, 0.3) is 0 Å². The third-order valence-electron chi connectivity index (χ3n) is 4.81. The van der Waals surface area contributed by atoms with Crippen molar-refractivity contribution >= 4 is 74.8 Å². The predicted molar refractivity (Wildman–Crippen MR) is 141 cm³/mol. The van der Waals surface area contributed by atoms with Gasteiger partial charge >= 0.3 is 6.03 Å². The van der Waals surface area contributed by atoms with Gasteiger partial charge in [-0.3, -0.25) is 9.20 Å². The molecule has 184 valence electrons. The van der Waals surface area contributed by atoms with E-state index in [2.05, 4.69) is 31.5 Å². The zero-order valence-corrected chi connectivity index (χ0v) is 22.9. The normalized spacial score (nSPS) is 10.7. The van der Waals surface area contributed by atoms with Gasteiger partial charge in [0.1, 0.15) is 11.2 Å². The van der Waals surface area contributed by atoms with Crippen LogP contribution >= 0.6 is 51.5 Å². The van der Waals surface area contributed by atoms with Crippen molar-refractivity contribution in [1.29, 1.82) is 0 Å². The van der Waals surface area contributed by atoms with Crippen molar-refractivity contribution < 1.29 is 14.3 Å². The number of aryl methyl sites for hydroxylation is 1. The molecule has 34 heavy (non-hydrogen) atoms. The number of hydrogen-bond acceptors (Lipinski definition) is 4. The molecule has 0 saturated carbocycles. The number of halogens is 4. The van der Waals surface area contributed by atoms with E-state index < -0.39 is 6.03 Å². The number of nitrogens with zero attached hydrogens (tertiary/aromatic N) is 3. The van der Waals surface area contributed by atoms with Crippen molar-refractivity contribution in [2.75, 3.05) is 18.5 Å². The summed E-state index contributed by atoms with van der Waals surface area (Å²) in [4.78, 5) is 30.2. The fraction of sp³-hybridized carbons (Fsp3) is 0.318. The monoisotopic (exact) mass is 591 g/mol. The van der Waals surface area contributed by atoms with Crippen LogP contribution in [0.25, 0.3) is 5.65 Å². The molecule has 2 aromatic heterocycles. The smallest absolute Gasteiger partial charge is 0.315 e. The highest BCUT2D eigenvalue weighted by Crippen LogP contribution is 2.35. The van der Waals surface area contributed by atoms with E-state index in [0.29, 0.717) is 27.7 Å². The summed E-state index contributed by atoms with van der Waals surface area (Å²) in [6.45, 7) is 5.45. The van der Waals surface area contributed by atoms with Gasteiger partial charge < -0.3 is 20.3 Å². The van der Waals surface area contributed by atoms with Gasteiger partial charge in [-0.05, 0) is 61.0 Å². The van der Waals surface area contributed by atoms with E-state index >= 15 is 0 Å². The first-order chi connectivity index (χ1) is 15.6. The fourth-order valence-electron chi connectivity index (χ4n) is 3.09. The first-order valence-corrected chi connectivity index (χ1v) is 11.7. The van der Waals surface area contributed by atoms with E-state index in [1.54, 1.807) is 19.2 Å². The van der Waals surface area contributed by atoms with Gasteiger partial charge in [0, 0.05) is 29.9 Å². The van der Waals surface area contributed by atoms with E-state index in [0.717, 1.165) is 10.3 Å². The Hall–Kier alpha value is -2.20. The predicted octanol–water partition coefficient (Wildman–Crippen LogP) is 5.38. The van der Waals surface area contributed by atoms with Gasteiger partial charge in [0.05, 0.1) is 22.9 Å². The number of pyridine rings is 1. The molecule has 3 amide bonds. The Morgan fingerprint density at radius 1 is 1.26 bits per heavy atom. The second kappa shape index (κ2) is 12.0. The lowest BCUT2D eigenvalue weighted by Crippen LogP contribution is -2.44. The maximum Gasteiger partial charge on any atom is 0.315 e. The summed E-state index contributed by atoms with van der Waals surface area (Å²) in [5.41, 5.74) is 2.47. The summed E-state index contributed by atoms with van der Waals surface area (Å²) in [6, 6.07) is 6.51. The summed E-state index contributed by atoms with van der Waals surface area (Å²) < 4.78 is 8.72. The van der Waals surface area contributed by atoms with Crippen LogP contribution < -0.4 is 20.3 Å². The molecule has 2 N–H and O–H groups in total. The van der Waals surface area contributed by atoms with Crippen molar-refractivity contribution in [2.24, 2.45) is 0 Å². The van der Waals surface area contributed by atoms with Crippen LogP contribution in [0.3, 0.4) is 0 Å². The molecule has 0 saturated heterocycles. The average molecular weight is 594 g/mol. The van der Waals surface area contributed by atoms with Crippen molar-refractivity contribution in [2.45, 2.75) is 33.4 Å². The van der Waals surface area contributed by atoms with Gasteiger partial charge in [-0.2, -0.15) is 0 Å². The van der Waals surface area contributed by atoms with E-state index in [-0.39, 0.29) is 42.5 Å². The fourth-order valence-corrected chi connectivity index (χ4v) is 4.07. The topological polar surface area (TPSA) is 88.0 Å². The molecule has 2 heterocycles. The molecule has 0 aliphatic carbocycles. The molecule has 3 aromatic rings. The molecule has 0 atom stereocenters. The third-order valence-corrected chi connectivity index (χ3v) is 6.54. The number of carbonyl (C=O) groups is 2. The zero-order valence-electron chi connectivity index (χ0n) is 19.0. The minimum Gasteiger partial charge on any atom is -0.485 e. The molecule has 0 unspecified atom stereocenters. The number of carbonyl (C=O) groups excluding carboxylic acids is 2. The van der Waals surface area contributed by atoms with E-state index in [4.69, 9.17) is 27.9 Å². The summed E-state index contributed by atoms with van der Waals surface area (Å²) in [5.74, 6) is 0.223. The van der Waals surface area contributed by atoms with Crippen LogP contribution in [-0.2, 0) is 11.4 Å². The third kappa shape index (κ3) is 6.27. The van der Waals surface area contributed by atoms with Crippen LogP contribution in [-0.4, -0.2) is 41.0 Å². The number of amides is 3. The second-order valence-electron chi connectivity index (χ2n) is 7.64. The van der Waals surface area contributed by atoms with Gasteiger partial charge in [-0.15, -0.1) is 12.4 Å². The number of nitrogens with one attached hydrogen (secondary N) is 2. The van der Waals surface area contributed by atoms with Crippen LogP contribution in [0.2, 0.25) is 10.0 Å². The number of benzene rings is 1. The number of aromatic nitrogens is 2.